The first-order chi connectivity index (χ1) is 6.86. The van der Waals surface area contributed by atoms with Gasteiger partial charge in [0.25, 0.3) is 0 Å². The molecule has 0 spiro atoms. The zero-order chi connectivity index (χ0) is 10.2. The van der Waals surface area contributed by atoms with E-state index in [-0.39, 0.29) is 6.73 Å². The van der Waals surface area contributed by atoms with Gasteiger partial charge in [0.2, 0.25) is 0 Å². The van der Waals surface area contributed by atoms with Crippen molar-refractivity contribution in [3.8, 4) is 5.75 Å². The molecular formula is C10H13N2O2-. The smallest absolute Gasteiger partial charge is 0.119 e. The van der Waals surface area contributed by atoms with Crippen LogP contribution in [0.15, 0.2) is 29.4 Å². The van der Waals surface area contributed by atoms with Gasteiger partial charge in [0.1, 0.15) is 5.75 Å². The van der Waals surface area contributed by atoms with E-state index in [1.165, 1.54) is 0 Å². The second-order valence-electron chi connectivity index (χ2n) is 2.58. The van der Waals surface area contributed by atoms with Gasteiger partial charge < -0.3 is 20.0 Å². The first-order valence-electron chi connectivity index (χ1n) is 4.19. The molecule has 0 saturated carbocycles. The summed E-state index contributed by atoms with van der Waals surface area (Å²) in [6.07, 6.45) is 1.65. The summed E-state index contributed by atoms with van der Waals surface area (Å²) >= 11 is 0. The molecule has 0 aliphatic rings. The van der Waals surface area contributed by atoms with Crippen LogP contribution >= 0.6 is 0 Å². The number of hydrogen-bond donors (Lipinski definition) is 0. The maximum atomic E-state index is 5.07. The molecule has 0 aliphatic heterocycles. The summed E-state index contributed by atoms with van der Waals surface area (Å²) in [6.45, 7) is 0.278. The van der Waals surface area contributed by atoms with Crippen LogP contribution in [0.3, 0.4) is 0 Å². The fourth-order valence-corrected chi connectivity index (χ4v) is 0.920. The average Bonchev–Trinajstić information content (AvgIpc) is 2.25. The predicted octanol–water partition coefficient (Wildman–Crippen LogP) is 2.01. The second kappa shape index (κ2) is 5.99. The lowest BCUT2D eigenvalue weighted by Crippen LogP contribution is -1.87. The molecule has 0 bridgehead atoms. The van der Waals surface area contributed by atoms with Gasteiger partial charge in [0.15, 0.2) is 0 Å². The van der Waals surface area contributed by atoms with Crippen molar-refractivity contribution in [2.45, 2.75) is 0 Å². The minimum Gasteiger partial charge on any atom is -0.580 e. The third-order valence-corrected chi connectivity index (χ3v) is 1.57. The van der Waals surface area contributed by atoms with E-state index in [4.69, 9.17) is 9.47 Å². The van der Waals surface area contributed by atoms with Crippen molar-refractivity contribution in [1.29, 1.82) is 0 Å². The molecule has 14 heavy (non-hydrogen) atoms. The molecule has 0 radical (unpaired) electrons. The molecule has 0 aliphatic carbocycles. The van der Waals surface area contributed by atoms with E-state index in [1.807, 2.05) is 24.3 Å². The van der Waals surface area contributed by atoms with E-state index in [1.54, 1.807) is 20.4 Å². The second-order valence-corrected chi connectivity index (χ2v) is 2.58. The van der Waals surface area contributed by atoms with Crippen LogP contribution in [0.4, 0.5) is 0 Å². The molecule has 4 heteroatoms. The summed E-state index contributed by atoms with van der Waals surface area (Å²) in [4.78, 5) is 0. The lowest BCUT2D eigenvalue weighted by atomic mass is 10.2. The Bertz CT molecular complexity index is 300. The lowest BCUT2D eigenvalue weighted by molar-refractivity contribution is 0.225. The number of ether oxygens (including phenoxy) is 2. The molecule has 0 aromatic heterocycles. The van der Waals surface area contributed by atoms with Crippen LogP contribution < -0.4 is 4.74 Å². The zero-order valence-electron chi connectivity index (χ0n) is 8.30. The van der Waals surface area contributed by atoms with E-state index < -0.39 is 0 Å². The molecule has 0 atom stereocenters. The Labute approximate surface area is 83.5 Å². The Balaban J connectivity index is 2.53. The normalized spacial score (nSPS) is 10.4. The Hall–Kier alpha value is -1.55. The largest absolute Gasteiger partial charge is 0.580 e. The van der Waals surface area contributed by atoms with Crippen molar-refractivity contribution >= 4 is 6.21 Å². The van der Waals surface area contributed by atoms with E-state index in [0.29, 0.717) is 0 Å². The number of nitrogens with zero attached hydrogens (tertiary/aromatic N) is 2. The fraction of sp³-hybridized carbons (Fsp3) is 0.300. The van der Waals surface area contributed by atoms with Gasteiger partial charge in [-0.05, 0) is 24.4 Å². The van der Waals surface area contributed by atoms with Gasteiger partial charge in [-0.25, -0.2) is 0 Å². The van der Waals surface area contributed by atoms with E-state index >= 15 is 0 Å². The zero-order valence-corrected chi connectivity index (χ0v) is 8.30. The molecule has 0 unspecified atom stereocenters. The van der Waals surface area contributed by atoms with Crippen LogP contribution in [0.5, 0.6) is 5.75 Å². The monoisotopic (exact) mass is 193 g/mol. The van der Waals surface area contributed by atoms with Gasteiger partial charge >= 0.3 is 0 Å². The number of methoxy groups -OCH3 is 2. The molecule has 0 heterocycles. The van der Waals surface area contributed by atoms with E-state index in [9.17, 15) is 0 Å². The van der Waals surface area contributed by atoms with Crippen molar-refractivity contribution in [2.75, 3.05) is 21.0 Å². The summed E-state index contributed by atoms with van der Waals surface area (Å²) in [5, 5.41) is 3.83. The van der Waals surface area contributed by atoms with Gasteiger partial charge in [0.05, 0.1) is 7.11 Å². The van der Waals surface area contributed by atoms with Gasteiger partial charge in [-0.2, -0.15) is 0 Å². The van der Waals surface area contributed by atoms with Gasteiger partial charge in [-0.15, -0.1) is 0 Å². The summed E-state index contributed by atoms with van der Waals surface area (Å²) in [5.74, 6) is 0.806. The molecule has 0 fully saturated rings. The molecule has 76 valence electrons. The minimum atomic E-state index is 0.278. The summed E-state index contributed by atoms with van der Waals surface area (Å²) in [5.41, 5.74) is 4.70. The fourth-order valence-electron chi connectivity index (χ4n) is 0.920. The highest BCUT2D eigenvalue weighted by Gasteiger charge is 1.89. The molecule has 1 aromatic carbocycles. The summed E-state index contributed by atoms with van der Waals surface area (Å²) in [7, 11) is 3.20. The SMILES string of the molecule is COC[N-]/N=C\c1cccc(OC)c1. The van der Waals surface area contributed by atoms with Crippen LogP contribution in [0.25, 0.3) is 5.43 Å². The average molecular weight is 193 g/mol. The lowest BCUT2D eigenvalue weighted by Gasteiger charge is -2.11. The Morgan fingerprint density at radius 2 is 2.29 bits per heavy atom. The standard InChI is InChI=1S/C10H13N2O2/c1-13-8-12-11-7-9-4-3-5-10(6-9)14-2/h3-7H,8H2,1-2H3/q-1/b11-7-. The Morgan fingerprint density at radius 1 is 1.43 bits per heavy atom. The molecule has 0 saturated heterocycles. The van der Waals surface area contributed by atoms with Gasteiger partial charge in [-0.1, -0.05) is 12.1 Å². The molecule has 0 N–H and O–H groups in total. The highest BCUT2D eigenvalue weighted by Crippen LogP contribution is 2.10. The minimum absolute atomic E-state index is 0.278. The molecule has 4 nitrogen and oxygen atoms in total. The van der Waals surface area contributed by atoms with Crippen LogP contribution in [0, 0.1) is 0 Å². The maximum absolute atomic E-state index is 5.07. The summed E-state index contributed by atoms with van der Waals surface area (Å²) in [6, 6.07) is 7.58. The van der Waals surface area contributed by atoms with Gasteiger partial charge in [-0.3, -0.25) is 0 Å². The Kier molecular flexibility index (Phi) is 4.50. The first kappa shape index (κ1) is 10.5. The van der Waals surface area contributed by atoms with E-state index in [2.05, 4.69) is 10.5 Å². The van der Waals surface area contributed by atoms with Crippen molar-refractivity contribution < 1.29 is 9.47 Å². The quantitative estimate of drug-likeness (QED) is 0.408. The van der Waals surface area contributed by atoms with E-state index in [0.717, 1.165) is 11.3 Å². The van der Waals surface area contributed by atoms with Crippen LogP contribution in [-0.4, -0.2) is 27.2 Å². The highest BCUT2D eigenvalue weighted by molar-refractivity contribution is 5.80. The van der Waals surface area contributed by atoms with Gasteiger partial charge in [0, 0.05) is 13.3 Å². The number of rotatable bonds is 5. The Morgan fingerprint density at radius 3 is 3.00 bits per heavy atom. The number of hydrogen-bond acceptors (Lipinski definition) is 3. The molecule has 0 amide bonds. The first-order valence-corrected chi connectivity index (χ1v) is 4.19. The maximum Gasteiger partial charge on any atom is 0.119 e. The van der Waals surface area contributed by atoms with Crippen LogP contribution in [0.1, 0.15) is 5.56 Å². The highest BCUT2D eigenvalue weighted by atomic mass is 16.5. The predicted molar refractivity (Wildman–Crippen MR) is 55.8 cm³/mol. The third-order valence-electron chi connectivity index (χ3n) is 1.57. The molecular weight excluding hydrogens is 180 g/mol. The summed E-state index contributed by atoms with van der Waals surface area (Å²) < 4.78 is 9.78. The van der Waals surface area contributed by atoms with Crippen LogP contribution in [0.2, 0.25) is 0 Å². The van der Waals surface area contributed by atoms with Crippen molar-refractivity contribution in [1.82, 2.24) is 0 Å². The van der Waals surface area contributed by atoms with Crippen LogP contribution in [-0.2, 0) is 4.74 Å². The van der Waals surface area contributed by atoms with Crippen molar-refractivity contribution in [2.24, 2.45) is 5.10 Å². The molecule has 1 rings (SSSR count). The topological polar surface area (TPSA) is 44.9 Å². The van der Waals surface area contributed by atoms with Crippen molar-refractivity contribution in [3.05, 3.63) is 35.3 Å². The van der Waals surface area contributed by atoms with Crippen molar-refractivity contribution in [3.63, 3.8) is 0 Å². The number of benzene rings is 1. The third kappa shape index (κ3) is 3.45. The molecule has 1 aromatic rings.